The van der Waals surface area contributed by atoms with E-state index in [0.29, 0.717) is 18.8 Å². The van der Waals surface area contributed by atoms with Crippen molar-refractivity contribution < 1.29 is 14.7 Å². The number of benzene rings is 1. The summed E-state index contributed by atoms with van der Waals surface area (Å²) < 4.78 is 0. The van der Waals surface area contributed by atoms with E-state index < -0.39 is 11.9 Å². The maximum Gasteiger partial charge on any atom is 0.396 e. The van der Waals surface area contributed by atoms with Crippen LogP contribution in [0.25, 0.3) is 0 Å². The molecule has 0 aliphatic carbocycles. The molecular formula is C14H16N4O3. The van der Waals surface area contributed by atoms with Crippen LogP contribution in [-0.2, 0) is 9.59 Å². The molecule has 2 rings (SSSR count). The van der Waals surface area contributed by atoms with Gasteiger partial charge in [-0.1, -0.05) is 12.1 Å². The Kier molecular flexibility index (Phi) is 4.52. The van der Waals surface area contributed by atoms with Crippen molar-refractivity contribution in [2.45, 2.75) is 0 Å². The van der Waals surface area contributed by atoms with Gasteiger partial charge in [0, 0.05) is 26.2 Å². The van der Waals surface area contributed by atoms with Gasteiger partial charge in [-0.2, -0.15) is 5.26 Å². The predicted molar refractivity (Wildman–Crippen MR) is 75.3 cm³/mol. The molecule has 1 fully saturated rings. The number of carboxylic acid groups (broad SMARTS) is 1. The number of carbonyl (C=O) groups excluding carboxylic acids is 1. The van der Waals surface area contributed by atoms with Gasteiger partial charge in [0.1, 0.15) is 6.07 Å². The van der Waals surface area contributed by atoms with Crippen LogP contribution in [0.2, 0.25) is 0 Å². The Morgan fingerprint density at radius 3 is 2.43 bits per heavy atom. The summed E-state index contributed by atoms with van der Waals surface area (Å²) in [4.78, 5) is 25.3. The summed E-state index contributed by atoms with van der Waals surface area (Å²) in [7, 11) is 1.96. The van der Waals surface area contributed by atoms with Crippen molar-refractivity contribution in [1.29, 1.82) is 5.26 Å². The van der Waals surface area contributed by atoms with Crippen molar-refractivity contribution in [3.63, 3.8) is 0 Å². The SMILES string of the molecule is CN1CCN(N(C(=O)C(=O)O)c2ccccc2C#N)CC1. The largest absolute Gasteiger partial charge is 0.474 e. The third kappa shape index (κ3) is 3.18. The topological polar surface area (TPSA) is 87.9 Å². The number of para-hydroxylation sites is 1. The summed E-state index contributed by atoms with van der Waals surface area (Å²) in [6, 6.07) is 8.49. The number of carbonyl (C=O) groups is 2. The van der Waals surface area contributed by atoms with Gasteiger partial charge in [-0.05, 0) is 19.2 Å². The minimum Gasteiger partial charge on any atom is -0.474 e. The van der Waals surface area contributed by atoms with Crippen LogP contribution in [0.3, 0.4) is 0 Å². The number of piperazine rings is 1. The summed E-state index contributed by atoms with van der Waals surface area (Å²) in [5.41, 5.74) is 0.572. The molecule has 7 heteroatoms. The third-order valence-electron chi connectivity index (χ3n) is 3.39. The zero-order valence-corrected chi connectivity index (χ0v) is 11.7. The van der Waals surface area contributed by atoms with Crippen LogP contribution in [0, 0.1) is 11.3 Å². The van der Waals surface area contributed by atoms with Crippen LogP contribution < -0.4 is 5.01 Å². The van der Waals surface area contributed by atoms with Crippen LogP contribution in [0.1, 0.15) is 5.56 Å². The Balaban J connectivity index is 2.39. The number of aliphatic carboxylic acids is 1. The second-order valence-corrected chi connectivity index (χ2v) is 4.81. The first-order valence-electron chi connectivity index (χ1n) is 6.54. The number of hydrogen-bond donors (Lipinski definition) is 1. The van der Waals surface area contributed by atoms with Crippen molar-refractivity contribution in [1.82, 2.24) is 9.91 Å². The number of hydrazine groups is 1. The molecule has 0 unspecified atom stereocenters. The van der Waals surface area contributed by atoms with E-state index in [1.54, 1.807) is 29.3 Å². The van der Waals surface area contributed by atoms with Crippen molar-refractivity contribution in [3.8, 4) is 6.07 Å². The third-order valence-corrected chi connectivity index (χ3v) is 3.39. The maximum atomic E-state index is 12.1. The lowest BCUT2D eigenvalue weighted by atomic mass is 10.2. The van der Waals surface area contributed by atoms with Crippen LogP contribution in [0.15, 0.2) is 24.3 Å². The highest BCUT2D eigenvalue weighted by atomic mass is 16.4. The zero-order valence-electron chi connectivity index (χ0n) is 11.7. The molecule has 1 aromatic carbocycles. The molecule has 1 saturated heterocycles. The minimum absolute atomic E-state index is 0.269. The lowest BCUT2D eigenvalue weighted by Gasteiger charge is -2.39. The molecule has 0 spiro atoms. The first-order valence-corrected chi connectivity index (χ1v) is 6.54. The molecule has 1 aromatic rings. The Bertz CT molecular complexity index is 588. The van der Waals surface area contributed by atoms with E-state index in [1.165, 1.54) is 0 Å². The van der Waals surface area contributed by atoms with E-state index in [-0.39, 0.29) is 5.56 Å². The highest BCUT2D eigenvalue weighted by Crippen LogP contribution is 2.22. The average Bonchev–Trinajstić information content (AvgIpc) is 2.49. The number of carboxylic acids is 1. The predicted octanol–water partition coefficient (Wildman–Crippen LogP) is 0.138. The molecule has 21 heavy (non-hydrogen) atoms. The highest BCUT2D eigenvalue weighted by molar-refractivity contribution is 6.37. The Morgan fingerprint density at radius 1 is 1.24 bits per heavy atom. The van der Waals surface area contributed by atoms with Crippen molar-refractivity contribution >= 4 is 17.6 Å². The minimum atomic E-state index is -1.54. The number of nitrogens with zero attached hydrogens (tertiary/aromatic N) is 4. The molecule has 1 heterocycles. The summed E-state index contributed by atoms with van der Waals surface area (Å²) in [6.45, 7) is 2.49. The van der Waals surface area contributed by atoms with Crippen molar-refractivity contribution in [3.05, 3.63) is 29.8 Å². The molecule has 0 aromatic heterocycles. The number of likely N-dealkylation sites (N-methyl/N-ethyl adjacent to an activating group) is 1. The normalized spacial score (nSPS) is 16.2. The molecule has 110 valence electrons. The van der Waals surface area contributed by atoms with E-state index >= 15 is 0 Å². The fraction of sp³-hybridized carbons (Fsp3) is 0.357. The summed E-state index contributed by atoms with van der Waals surface area (Å²) >= 11 is 0. The fourth-order valence-corrected chi connectivity index (χ4v) is 2.23. The second-order valence-electron chi connectivity index (χ2n) is 4.81. The molecular weight excluding hydrogens is 272 g/mol. The molecule has 1 aliphatic rings. The van der Waals surface area contributed by atoms with Gasteiger partial charge in [0.25, 0.3) is 0 Å². The van der Waals surface area contributed by atoms with Crippen LogP contribution in [0.5, 0.6) is 0 Å². The second kappa shape index (κ2) is 6.35. The molecule has 0 radical (unpaired) electrons. The zero-order chi connectivity index (χ0) is 15.4. The maximum absolute atomic E-state index is 12.1. The number of nitriles is 1. The lowest BCUT2D eigenvalue weighted by Crippen LogP contribution is -2.56. The molecule has 0 bridgehead atoms. The summed E-state index contributed by atoms with van der Waals surface area (Å²) in [5.74, 6) is -2.59. The van der Waals surface area contributed by atoms with Gasteiger partial charge < -0.3 is 10.0 Å². The van der Waals surface area contributed by atoms with Gasteiger partial charge >= 0.3 is 11.9 Å². The lowest BCUT2D eigenvalue weighted by molar-refractivity contribution is -0.150. The molecule has 7 nitrogen and oxygen atoms in total. The number of rotatable bonds is 2. The first-order chi connectivity index (χ1) is 10.0. The van der Waals surface area contributed by atoms with Gasteiger partial charge in [-0.3, -0.25) is 4.79 Å². The molecule has 1 N–H and O–H groups in total. The van der Waals surface area contributed by atoms with E-state index in [9.17, 15) is 9.59 Å². The first kappa shape index (κ1) is 15.0. The molecule has 0 atom stereocenters. The smallest absolute Gasteiger partial charge is 0.396 e. The average molecular weight is 288 g/mol. The molecule has 0 saturated carbocycles. The van der Waals surface area contributed by atoms with Gasteiger partial charge in [-0.25, -0.2) is 14.8 Å². The quantitative estimate of drug-likeness (QED) is 0.779. The van der Waals surface area contributed by atoms with Crippen molar-refractivity contribution in [2.24, 2.45) is 0 Å². The number of hydrogen-bond acceptors (Lipinski definition) is 5. The van der Waals surface area contributed by atoms with Crippen molar-refractivity contribution in [2.75, 3.05) is 38.2 Å². The van der Waals surface area contributed by atoms with E-state index in [2.05, 4.69) is 4.90 Å². The van der Waals surface area contributed by atoms with Crippen LogP contribution >= 0.6 is 0 Å². The van der Waals surface area contributed by atoms with Crippen LogP contribution in [-0.4, -0.2) is 60.1 Å². The van der Waals surface area contributed by atoms with E-state index in [4.69, 9.17) is 10.4 Å². The Hall–Kier alpha value is -2.43. The fourth-order valence-electron chi connectivity index (χ4n) is 2.23. The standard InChI is InChI=1S/C14H16N4O3/c1-16-6-8-17(9-7-16)18(13(19)14(20)21)12-5-3-2-4-11(12)10-15/h2-5H,6-9H2,1H3,(H,20,21). The number of anilines is 1. The molecule has 1 aliphatic heterocycles. The van der Waals surface area contributed by atoms with Gasteiger partial charge in [0.15, 0.2) is 0 Å². The summed E-state index contributed by atoms with van der Waals surface area (Å²) in [6.07, 6.45) is 0. The molecule has 1 amide bonds. The Morgan fingerprint density at radius 2 is 1.86 bits per heavy atom. The number of amides is 1. The van der Waals surface area contributed by atoms with E-state index in [0.717, 1.165) is 18.1 Å². The summed E-state index contributed by atoms with van der Waals surface area (Å²) in [5, 5.41) is 21.0. The van der Waals surface area contributed by atoms with E-state index in [1.807, 2.05) is 13.1 Å². The highest BCUT2D eigenvalue weighted by Gasteiger charge is 2.31. The monoisotopic (exact) mass is 288 g/mol. The van der Waals surface area contributed by atoms with Gasteiger partial charge in [0.05, 0.1) is 11.3 Å². The van der Waals surface area contributed by atoms with Gasteiger partial charge in [-0.15, -0.1) is 0 Å². The van der Waals surface area contributed by atoms with Gasteiger partial charge in [0.2, 0.25) is 0 Å². The Labute approximate surface area is 122 Å². The van der Waals surface area contributed by atoms with Crippen LogP contribution in [0.4, 0.5) is 5.69 Å².